The molecule has 1 aromatic carbocycles. The number of nitroso groups, excluding NO2 is 1. The Morgan fingerprint density at radius 2 is 2.06 bits per heavy atom. The van der Waals surface area contributed by atoms with Crippen molar-refractivity contribution in [3.05, 3.63) is 57.6 Å². The molecule has 0 unspecified atom stereocenters. The average molecular weight is 234 g/mol. The molecule has 0 atom stereocenters. The lowest BCUT2D eigenvalue weighted by Gasteiger charge is -2.05. The summed E-state index contributed by atoms with van der Waals surface area (Å²) in [6, 6.07) is 6.25. The van der Waals surface area contributed by atoms with E-state index >= 15 is 0 Å². The van der Waals surface area contributed by atoms with E-state index in [0.29, 0.717) is 0 Å². The topological polar surface area (TPSA) is 71.5 Å². The Hall–Kier alpha value is -2.50. The van der Waals surface area contributed by atoms with Gasteiger partial charge in [0.15, 0.2) is 11.6 Å². The highest BCUT2D eigenvalue weighted by atomic mass is 19.1. The molecular weight excluding hydrogens is 227 g/mol. The number of nitrogens with zero attached hydrogens (tertiary/aromatic N) is 1. The van der Waals surface area contributed by atoms with Crippen molar-refractivity contribution in [3.8, 4) is 11.5 Å². The fraction of sp³-hybridized carbons (Fsp3) is 0. The van der Waals surface area contributed by atoms with Gasteiger partial charge in [-0.2, -0.15) is 0 Å². The van der Waals surface area contributed by atoms with E-state index in [9.17, 15) is 14.1 Å². The fourth-order valence-electron chi connectivity index (χ4n) is 1.22. The third kappa shape index (κ3) is 2.54. The van der Waals surface area contributed by atoms with Crippen molar-refractivity contribution >= 4 is 5.69 Å². The summed E-state index contributed by atoms with van der Waals surface area (Å²) < 4.78 is 18.6. The van der Waals surface area contributed by atoms with Crippen LogP contribution < -0.4 is 10.3 Å². The van der Waals surface area contributed by atoms with Crippen molar-refractivity contribution in [2.75, 3.05) is 0 Å². The smallest absolute Gasteiger partial charge is 0.248 e. The summed E-state index contributed by atoms with van der Waals surface area (Å²) in [5.74, 6) is -0.465. The molecule has 6 heteroatoms. The van der Waals surface area contributed by atoms with E-state index < -0.39 is 5.82 Å². The summed E-state index contributed by atoms with van der Waals surface area (Å²) in [5.41, 5.74) is -0.297. The maximum atomic E-state index is 13.4. The van der Waals surface area contributed by atoms with Gasteiger partial charge >= 0.3 is 0 Å². The van der Waals surface area contributed by atoms with Crippen LogP contribution in [-0.2, 0) is 0 Å². The Bertz CT molecular complexity index is 589. The Labute approximate surface area is 94.8 Å². The summed E-state index contributed by atoms with van der Waals surface area (Å²) >= 11 is 0. The van der Waals surface area contributed by atoms with E-state index in [2.05, 4.69) is 10.2 Å². The lowest BCUT2D eigenvalue weighted by Crippen LogP contribution is -2.01. The molecule has 0 aliphatic carbocycles. The monoisotopic (exact) mass is 234 g/mol. The van der Waals surface area contributed by atoms with Crippen LogP contribution in [-0.4, -0.2) is 4.98 Å². The lowest BCUT2D eigenvalue weighted by atomic mass is 10.3. The number of rotatable bonds is 3. The molecule has 0 aliphatic heterocycles. The fourth-order valence-corrected chi connectivity index (χ4v) is 1.22. The maximum Gasteiger partial charge on any atom is 0.248 e. The predicted molar refractivity (Wildman–Crippen MR) is 59.0 cm³/mol. The van der Waals surface area contributed by atoms with Crippen molar-refractivity contribution in [1.29, 1.82) is 0 Å². The van der Waals surface area contributed by atoms with Gasteiger partial charge in [-0.3, -0.25) is 4.79 Å². The van der Waals surface area contributed by atoms with Crippen molar-refractivity contribution in [1.82, 2.24) is 4.98 Å². The third-order valence-electron chi connectivity index (χ3n) is 2.00. The minimum absolute atomic E-state index is 0.0173. The van der Waals surface area contributed by atoms with E-state index in [0.717, 1.165) is 6.07 Å². The van der Waals surface area contributed by atoms with Crippen molar-refractivity contribution in [2.45, 2.75) is 0 Å². The van der Waals surface area contributed by atoms with Crippen LogP contribution in [0.25, 0.3) is 0 Å². The zero-order chi connectivity index (χ0) is 12.3. The van der Waals surface area contributed by atoms with E-state index in [1.54, 1.807) is 0 Å². The second kappa shape index (κ2) is 4.56. The van der Waals surface area contributed by atoms with E-state index in [4.69, 9.17) is 4.74 Å². The number of H-pyrrole nitrogens is 1. The molecule has 0 aliphatic rings. The number of hydrogen-bond donors (Lipinski definition) is 1. The molecule has 0 bridgehead atoms. The molecule has 0 saturated carbocycles. The standard InChI is InChI=1S/C11H7FN2O3/c12-9-5-7(14-16)1-3-10(9)17-8-2-4-11(15)13-6-8/h1-6H,(H,13,15). The molecule has 0 radical (unpaired) electrons. The molecule has 5 nitrogen and oxygen atoms in total. The molecule has 0 spiro atoms. The first kappa shape index (κ1) is 11.0. The van der Waals surface area contributed by atoms with Crippen LogP contribution in [0.4, 0.5) is 10.1 Å². The molecule has 17 heavy (non-hydrogen) atoms. The Morgan fingerprint density at radius 1 is 1.24 bits per heavy atom. The number of pyridine rings is 1. The van der Waals surface area contributed by atoms with Gasteiger partial charge in [-0.15, -0.1) is 4.91 Å². The van der Waals surface area contributed by atoms with Gasteiger partial charge in [0, 0.05) is 18.3 Å². The number of aromatic nitrogens is 1. The molecule has 1 heterocycles. The average Bonchev–Trinajstić information content (AvgIpc) is 2.34. The van der Waals surface area contributed by atoms with Gasteiger partial charge in [0.1, 0.15) is 11.4 Å². The number of aromatic amines is 1. The van der Waals surface area contributed by atoms with E-state index in [1.165, 1.54) is 30.5 Å². The van der Waals surface area contributed by atoms with Gasteiger partial charge in [-0.05, 0) is 23.4 Å². The van der Waals surface area contributed by atoms with Crippen molar-refractivity contribution in [3.63, 3.8) is 0 Å². The van der Waals surface area contributed by atoms with E-state index in [1.807, 2.05) is 0 Å². The summed E-state index contributed by atoms with van der Waals surface area (Å²) in [6.07, 6.45) is 1.31. The second-order valence-electron chi connectivity index (χ2n) is 3.20. The number of hydrogen-bond acceptors (Lipinski definition) is 4. The Morgan fingerprint density at radius 3 is 2.65 bits per heavy atom. The SMILES string of the molecule is O=Nc1ccc(Oc2ccc(=O)[nH]c2)c(F)c1. The van der Waals surface area contributed by atoms with Crippen molar-refractivity contribution < 1.29 is 9.13 Å². The van der Waals surface area contributed by atoms with Gasteiger partial charge in [-0.1, -0.05) is 0 Å². The zero-order valence-corrected chi connectivity index (χ0v) is 8.51. The van der Waals surface area contributed by atoms with Crippen LogP contribution in [0.5, 0.6) is 11.5 Å². The molecule has 1 aromatic heterocycles. The first-order valence-corrected chi connectivity index (χ1v) is 4.68. The van der Waals surface area contributed by atoms with Gasteiger partial charge in [-0.25, -0.2) is 4.39 Å². The molecular formula is C11H7FN2O3. The van der Waals surface area contributed by atoms with Crippen LogP contribution in [0, 0.1) is 10.7 Å². The van der Waals surface area contributed by atoms with Crippen LogP contribution in [0.1, 0.15) is 0 Å². The zero-order valence-electron chi connectivity index (χ0n) is 8.51. The highest BCUT2D eigenvalue weighted by Gasteiger charge is 2.06. The second-order valence-corrected chi connectivity index (χ2v) is 3.20. The van der Waals surface area contributed by atoms with Crippen LogP contribution in [0.3, 0.4) is 0 Å². The van der Waals surface area contributed by atoms with Gasteiger partial charge in [0.25, 0.3) is 0 Å². The molecule has 0 saturated heterocycles. The largest absolute Gasteiger partial charge is 0.453 e. The minimum atomic E-state index is -0.701. The van der Waals surface area contributed by atoms with Gasteiger partial charge in [0.2, 0.25) is 5.56 Å². The lowest BCUT2D eigenvalue weighted by molar-refractivity contribution is 0.440. The van der Waals surface area contributed by atoms with Crippen LogP contribution in [0.15, 0.2) is 46.5 Å². The Kier molecular flexibility index (Phi) is 2.95. The summed E-state index contributed by atoms with van der Waals surface area (Å²) in [4.78, 5) is 23.4. The third-order valence-corrected chi connectivity index (χ3v) is 2.00. The first-order chi connectivity index (χ1) is 8.19. The minimum Gasteiger partial charge on any atom is -0.453 e. The molecule has 2 rings (SSSR count). The number of nitrogens with one attached hydrogen (secondary N) is 1. The summed E-state index contributed by atoms with van der Waals surface area (Å²) in [7, 11) is 0. The molecule has 86 valence electrons. The highest BCUT2D eigenvalue weighted by molar-refractivity contribution is 5.43. The Balaban J connectivity index is 2.27. The first-order valence-electron chi connectivity index (χ1n) is 4.68. The van der Waals surface area contributed by atoms with Crippen LogP contribution in [0.2, 0.25) is 0 Å². The van der Waals surface area contributed by atoms with Gasteiger partial charge in [0.05, 0.1) is 0 Å². The van der Waals surface area contributed by atoms with Gasteiger partial charge < -0.3 is 9.72 Å². The van der Waals surface area contributed by atoms with Crippen LogP contribution >= 0.6 is 0 Å². The van der Waals surface area contributed by atoms with E-state index in [-0.39, 0.29) is 22.7 Å². The highest BCUT2D eigenvalue weighted by Crippen LogP contribution is 2.26. The number of benzene rings is 1. The summed E-state index contributed by atoms with van der Waals surface area (Å²) in [5, 5.41) is 2.60. The van der Waals surface area contributed by atoms with Crippen molar-refractivity contribution in [2.24, 2.45) is 5.18 Å². The molecule has 1 N–H and O–H groups in total. The normalized spacial score (nSPS) is 9.94. The molecule has 0 amide bonds. The summed E-state index contributed by atoms with van der Waals surface area (Å²) in [6.45, 7) is 0. The molecule has 2 aromatic rings. The number of ether oxygens (including phenoxy) is 1. The maximum absolute atomic E-state index is 13.4. The quantitative estimate of drug-likeness (QED) is 0.830. The molecule has 0 fully saturated rings. The predicted octanol–water partition coefficient (Wildman–Crippen LogP) is 2.70. The number of halogens is 1.